The fraction of sp³-hybridized carbons (Fsp3) is 1.00. The molecule has 13 heavy (non-hydrogen) atoms. The third kappa shape index (κ3) is 2.91. The second-order valence-electron chi connectivity index (χ2n) is 3.04. The van der Waals surface area contributed by atoms with Crippen molar-refractivity contribution in [3.05, 3.63) is 0 Å². The fourth-order valence-corrected chi connectivity index (χ4v) is 2.55. The summed E-state index contributed by atoms with van der Waals surface area (Å²) in [5.41, 5.74) is 0. The fourth-order valence-electron chi connectivity index (χ4n) is 1.28. The van der Waals surface area contributed by atoms with E-state index in [1.54, 1.807) is 6.92 Å². The maximum atomic E-state index is 11.5. The Balaban J connectivity index is 2.60. The molecule has 0 spiro atoms. The van der Waals surface area contributed by atoms with Gasteiger partial charge in [-0.15, -0.1) is 0 Å². The molecule has 6 heteroatoms. The summed E-state index contributed by atoms with van der Waals surface area (Å²) in [4.78, 5) is 0. The summed E-state index contributed by atoms with van der Waals surface area (Å²) in [6.07, 6.45) is -0.0119. The minimum atomic E-state index is -3.26. The minimum Gasteiger partial charge on any atom is -0.376 e. The van der Waals surface area contributed by atoms with E-state index in [2.05, 4.69) is 4.72 Å². The van der Waals surface area contributed by atoms with Gasteiger partial charge in [0.15, 0.2) is 0 Å². The van der Waals surface area contributed by atoms with Crippen molar-refractivity contribution in [3.63, 3.8) is 0 Å². The van der Waals surface area contributed by atoms with Crippen molar-refractivity contribution < 1.29 is 13.2 Å². The zero-order valence-corrected chi connectivity index (χ0v) is 8.80. The van der Waals surface area contributed by atoms with Crippen molar-refractivity contribution in [2.75, 3.05) is 26.2 Å². The zero-order chi connectivity index (χ0) is 9.90. The predicted molar refractivity (Wildman–Crippen MR) is 49.6 cm³/mol. The number of hydrogen-bond acceptors (Lipinski definition) is 3. The van der Waals surface area contributed by atoms with Crippen LogP contribution in [0, 0.1) is 0 Å². The second-order valence-corrected chi connectivity index (χ2v) is 4.80. The summed E-state index contributed by atoms with van der Waals surface area (Å²) < 4.78 is 32.1. The molecule has 5 nitrogen and oxygen atoms in total. The molecule has 0 bridgehead atoms. The summed E-state index contributed by atoms with van der Waals surface area (Å²) in [5.74, 6) is 0. The lowest BCUT2D eigenvalue weighted by Gasteiger charge is -2.30. The maximum Gasteiger partial charge on any atom is 0.279 e. The highest BCUT2D eigenvalue weighted by atomic mass is 32.2. The average molecular weight is 208 g/mol. The highest BCUT2D eigenvalue weighted by molar-refractivity contribution is 7.87. The van der Waals surface area contributed by atoms with Crippen LogP contribution in [-0.2, 0) is 14.9 Å². The van der Waals surface area contributed by atoms with E-state index in [1.165, 1.54) is 4.31 Å². The SMILES string of the molecule is CCNS(=O)(=O)N1CCO[C@@H](C)C1. The number of ether oxygens (including phenoxy) is 1. The van der Waals surface area contributed by atoms with Crippen molar-refractivity contribution in [1.82, 2.24) is 9.03 Å². The molecule has 0 radical (unpaired) electrons. The van der Waals surface area contributed by atoms with E-state index in [1.807, 2.05) is 6.92 Å². The largest absolute Gasteiger partial charge is 0.376 e. The predicted octanol–water partition coefficient (Wildman–Crippen LogP) is -0.439. The van der Waals surface area contributed by atoms with Crippen molar-refractivity contribution >= 4 is 10.2 Å². The van der Waals surface area contributed by atoms with E-state index in [9.17, 15) is 8.42 Å². The molecule has 0 aromatic heterocycles. The number of rotatable bonds is 3. The maximum absolute atomic E-state index is 11.5. The van der Waals surface area contributed by atoms with Gasteiger partial charge in [-0.25, -0.2) is 4.72 Å². The summed E-state index contributed by atoms with van der Waals surface area (Å²) in [5, 5.41) is 0. The van der Waals surface area contributed by atoms with Crippen LogP contribution in [0.3, 0.4) is 0 Å². The number of nitrogens with one attached hydrogen (secondary N) is 1. The number of morpholine rings is 1. The molecule has 78 valence electrons. The average Bonchev–Trinajstić information content (AvgIpc) is 2.04. The molecular weight excluding hydrogens is 192 g/mol. The van der Waals surface area contributed by atoms with E-state index < -0.39 is 10.2 Å². The highest BCUT2D eigenvalue weighted by Crippen LogP contribution is 2.07. The molecule has 1 aliphatic rings. The van der Waals surface area contributed by atoms with Crippen molar-refractivity contribution in [1.29, 1.82) is 0 Å². The van der Waals surface area contributed by atoms with Gasteiger partial charge in [0.2, 0.25) is 0 Å². The molecule has 0 aliphatic carbocycles. The first-order valence-electron chi connectivity index (χ1n) is 4.42. The Kier molecular flexibility index (Phi) is 3.66. The van der Waals surface area contributed by atoms with E-state index >= 15 is 0 Å². The smallest absolute Gasteiger partial charge is 0.279 e. The highest BCUT2D eigenvalue weighted by Gasteiger charge is 2.26. The molecule has 0 saturated carbocycles. The van der Waals surface area contributed by atoms with Gasteiger partial charge in [-0.1, -0.05) is 6.92 Å². The lowest BCUT2D eigenvalue weighted by Crippen LogP contribution is -2.49. The van der Waals surface area contributed by atoms with Crippen LogP contribution in [0.1, 0.15) is 13.8 Å². The van der Waals surface area contributed by atoms with Gasteiger partial charge < -0.3 is 4.74 Å². The lowest BCUT2D eigenvalue weighted by atomic mass is 10.3. The molecular formula is C7H16N2O3S. The molecule has 1 fully saturated rings. The van der Waals surface area contributed by atoms with Gasteiger partial charge >= 0.3 is 0 Å². The second kappa shape index (κ2) is 4.36. The Labute approximate surface area is 79.2 Å². The first kappa shape index (κ1) is 10.9. The third-order valence-electron chi connectivity index (χ3n) is 1.87. The molecule has 0 aromatic rings. The summed E-state index contributed by atoms with van der Waals surface area (Å²) in [7, 11) is -3.26. The van der Waals surface area contributed by atoms with Gasteiger partial charge in [0.1, 0.15) is 0 Å². The standard InChI is InChI=1S/C7H16N2O3S/c1-3-8-13(10,11)9-4-5-12-7(2)6-9/h7-8H,3-6H2,1-2H3/t7-/m0/s1. The molecule has 0 aromatic carbocycles. The molecule has 1 rings (SSSR count). The Bertz CT molecular complexity index is 252. The first-order valence-corrected chi connectivity index (χ1v) is 5.86. The molecule has 0 unspecified atom stereocenters. The van der Waals surface area contributed by atoms with E-state index in [-0.39, 0.29) is 6.10 Å². The quantitative estimate of drug-likeness (QED) is 0.684. The van der Waals surface area contributed by atoms with Crippen LogP contribution in [0.2, 0.25) is 0 Å². The summed E-state index contributed by atoms with van der Waals surface area (Å²) in [6.45, 7) is 5.42. The van der Waals surface area contributed by atoms with Crippen LogP contribution in [0.25, 0.3) is 0 Å². The van der Waals surface area contributed by atoms with Crippen LogP contribution >= 0.6 is 0 Å². The van der Waals surface area contributed by atoms with Crippen LogP contribution in [0.4, 0.5) is 0 Å². The third-order valence-corrected chi connectivity index (χ3v) is 3.54. The van der Waals surface area contributed by atoms with Crippen molar-refractivity contribution in [2.24, 2.45) is 0 Å². The van der Waals surface area contributed by atoms with Crippen LogP contribution in [0.15, 0.2) is 0 Å². The van der Waals surface area contributed by atoms with E-state index in [4.69, 9.17) is 4.74 Å². The molecule has 1 saturated heterocycles. The summed E-state index contributed by atoms with van der Waals surface area (Å²) >= 11 is 0. The minimum absolute atomic E-state index is 0.0119. The molecule has 1 N–H and O–H groups in total. The van der Waals surface area contributed by atoms with Crippen molar-refractivity contribution in [3.8, 4) is 0 Å². The Morgan fingerprint density at radius 3 is 2.85 bits per heavy atom. The van der Waals surface area contributed by atoms with Gasteiger partial charge in [-0.05, 0) is 6.92 Å². The molecule has 1 atom stereocenters. The van der Waals surface area contributed by atoms with E-state index in [0.717, 1.165) is 0 Å². The van der Waals surface area contributed by atoms with E-state index in [0.29, 0.717) is 26.2 Å². The topological polar surface area (TPSA) is 58.6 Å². The summed E-state index contributed by atoms with van der Waals surface area (Å²) in [6, 6.07) is 0. The van der Waals surface area contributed by atoms with Crippen LogP contribution in [0.5, 0.6) is 0 Å². The van der Waals surface area contributed by atoms with Crippen LogP contribution in [-0.4, -0.2) is 45.1 Å². The van der Waals surface area contributed by atoms with Gasteiger partial charge in [0, 0.05) is 19.6 Å². The van der Waals surface area contributed by atoms with Crippen molar-refractivity contribution in [2.45, 2.75) is 20.0 Å². The van der Waals surface area contributed by atoms with Gasteiger partial charge in [0.25, 0.3) is 10.2 Å². The molecule has 1 aliphatic heterocycles. The van der Waals surface area contributed by atoms with Crippen LogP contribution < -0.4 is 4.72 Å². The lowest BCUT2D eigenvalue weighted by molar-refractivity contribution is 0.00980. The Hall–Kier alpha value is -0.170. The van der Waals surface area contributed by atoms with Gasteiger partial charge in [-0.2, -0.15) is 12.7 Å². The zero-order valence-electron chi connectivity index (χ0n) is 7.99. The normalized spacial score (nSPS) is 26.2. The molecule has 1 heterocycles. The first-order chi connectivity index (χ1) is 6.06. The Morgan fingerprint density at radius 1 is 1.62 bits per heavy atom. The molecule has 0 amide bonds. The number of hydrogen-bond donors (Lipinski definition) is 1. The number of nitrogens with zero attached hydrogens (tertiary/aromatic N) is 1. The Morgan fingerprint density at radius 2 is 2.31 bits per heavy atom. The van der Waals surface area contributed by atoms with Gasteiger partial charge in [-0.3, -0.25) is 0 Å². The van der Waals surface area contributed by atoms with Gasteiger partial charge in [0.05, 0.1) is 12.7 Å². The monoisotopic (exact) mass is 208 g/mol.